The summed E-state index contributed by atoms with van der Waals surface area (Å²) < 4.78 is 1.62. The lowest BCUT2D eigenvalue weighted by atomic mass is 10.3. The van der Waals surface area contributed by atoms with Crippen molar-refractivity contribution in [1.29, 1.82) is 0 Å². The van der Waals surface area contributed by atoms with Crippen molar-refractivity contribution in [1.82, 2.24) is 14.6 Å². The summed E-state index contributed by atoms with van der Waals surface area (Å²) in [6.45, 7) is 1.88. The Labute approximate surface area is 78.9 Å². The maximum atomic E-state index is 5.88. The summed E-state index contributed by atoms with van der Waals surface area (Å²) >= 11 is 11.7. The molecule has 0 unspecified atom stereocenters. The summed E-state index contributed by atoms with van der Waals surface area (Å²) in [6, 6.07) is 0. The van der Waals surface area contributed by atoms with E-state index in [4.69, 9.17) is 23.2 Å². The first-order chi connectivity index (χ1) is 5.70. The van der Waals surface area contributed by atoms with Crippen LogP contribution in [0.25, 0.3) is 5.52 Å². The highest BCUT2D eigenvalue weighted by Crippen LogP contribution is 2.25. The fourth-order valence-electron chi connectivity index (χ4n) is 1.09. The lowest BCUT2D eigenvalue weighted by Gasteiger charge is -1.94. The van der Waals surface area contributed by atoms with E-state index >= 15 is 0 Å². The first-order valence-corrected chi connectivity index (χ1v) is 4.09. The van der Waals surface area contributed by atoms with E-state index in [0.717, 1.165) is 11.1 Å². The van der Waals surface area contributed by atoms with Gasteiger partial charge >= 0.3 is 0 Å². The van der Waals surface area contributed by atoms with Gasteiger partial charge in [-0.3, -0.25) is 0 Å². The van der Waals surface area contributed by atoms with Crippen LogP contribution in [0.2, 0.25) is 10.2 Å². The molecule has 0 aromatic carbocycles. The second kappa shape index (κ2) is 2.61. The number of aryl methyl sites for hydroxylation is 1. The molecular weight excluding hydrogens is 197 g/mol. The minimum atomic E-state index is 0.425. The Balaban J connectivity index is 2.97. The molecule has 5 heteroatoms. The summed E-state index contributed by atoms with van der Waals surface area (Å²) in [5.74, 6) is 0. The molecule has 62 valence electrons. The molecule has 3 nitrogen and oxygen atoms in total. The van der Waals surface area contributed by atoms with Crippen molar-refractivity contribution in [2.24, 2.45) is 0 Å². The van der Waals surface area contributed by atoms with Crippen LogP contribution < -0.4 is 0 Å². The molecule has 0 N–H and O–H groups in total. The van der Waals surface area contributed by atoms with Gasteiger partial charge in [-0.25, -0.2) is 9.50 Å². The van der Waals surface area contributed by atoms with E-state index in [1.807, 2.05) is 6.92 Å². The van der Waals surface area contributed by atoms with Crippen molar-refractivity contribution in [2.75, 3.05) is 0 Å². The van der Waals surface area contributed by atoms with E-state index in [1.165, 1.54) is 6.33 Å². The lowest BCUT2D eigenvalue weighted by Crippen LogP contribution is -1.91. The van der Waals surface area contributed by atoms with Crippen LogP contribution in [0.1, 0.15) is 5.56 Å². The molecule has 2 heterocycles. The predicted molar refractivity (Wildman–Crippen MR) is 47.7 cm³/mol. The molecule has 0 fully saturated rings. The minimum absolute atomic E-state index is 0.425. The van der Waals surface area contributed by atoms with Gasteiger partial charge in [-0.1, -0.05) is 23.2 Å². The molecule has 0 bridgehead atoms. The van der Waals surface area contributed by atoms with Crippen LogP contribution in [0, 0.1) is 6.92 Å². The van der Waals surface area contributed by atoms with Crippen LogP contribution in [-0.2, 0) is 0 Å². The number of aromatic nitrogens is 3. The smallest absolute Gasteiger partial charge is 0.156 e. The van der Waals surface area contributed by atoms with Gasteiger partial charge in [0.05, 0.1) is 5.02 Å². The van der Waals surface area contributed by atoms with Crippen LogP contribution in [0.15, 0.2) is 12.5 Å². The van der Waals surface area contributed by atoms with Gasteiger partial charge in [-0.15, -0.1) is 0 Å². The van der Waals surface area contributed by atoms with Crippen LogP contribution in [0.5, 0.6) is 0 Å². The molecule has 2 aromatic heterocycles. The van der Waals surface area contributed by atoms with Gasteiger partial charge in [0.2, 0.25) is 0 Å². The third kappa shape index (κ3) is 0.974. The number of hydrogen-bond acceptors (Lipinski definition) is 2. The van der Waals surface area contributed by atoms with E-state index in [2.05, 4.69) is 10.1 Å². The number of nitrogens with zero attached hydrogens (tertiary/aromatic N) is 3. The highest BCUT2D eigenvalue weighted by Gasteiger charge is 2.08. The van der Waals surface area contributed by atoms with Crippen molar-refractivity contribution in [2.45, 2.75) is 6.92 Å². The summed E-state index contributed by atoms with van der Waals surface area (Å²) in [4.78, 5) is 3.86. The van der Waals surface area contributed by atoms with Crippen molar-refractivity contribution in [3.63, 3.8) is 0 Å². The van der Waals surface area contributed by atoms with Gasteiger partial charge in [-0.05, 0) is 12.5 Å². The van der Waals surface area contributed by atoms with Crippen molar-refractivity contribution in [3.05, 3.63) is 28.3 Å². The third-order valence-electron chi connectivity index (χ3n) is 1.72. The average Bonchev–Trinajstić information content (AvgIpc) is 2.29. The van der Waals surface area contributed by atoms with E-state index < -0.39 is 0 Å². The molecule has 0 saturated carbocycles. The molecule has 12 heavy (non-hydrogen) atoms. The normalized spacial score (nSPS) is 10.9. The summed E-state index contributed by atoms with van der Waals surface area (Å²) in [5, 5.41) is 5.04. The molecular formula is C7H5Cl2N3. The van der Waals surface area contributed by atoms with Crippen LogP contribution >= 0.6 is 23.2 Å². The fraction of sp³-hybridized carbons (Fsp3) is 0.143. The van der Waals surface area contributed by atoms with E-state index in [-0.39, 0.29) is 0 Å². The molecule has 2 aromatic rings. The standard InChI is InChI=1S/C7H5Cl2N3/c1-4-5(8)2-12-6(4)7(9)10-3-11-12/h2-3H,1H3. The SMILES string of the molecule is Cc1c(Cl)cn2ncnc(Cl)c12. The zero-order chi connectivity index (χ0) is 8.72. The summed E-state index contributed by atoms with van der Waals surface area (Å²) in [7, 11) is 0. The fourth-order valence-corrected chi connectivity index (χ4v) is 1.54. The molecule has 2 rings (SSSR count). The third-order valence-corrected chi connectivity index (χ3v) is 2.38. The zero-order valence-electron chi connectivity index (χ0n) is 6.25. The monoisotopic (exact) mass is 201 g/mol. The maximum Gasteiger partial charge on any atom is 0.156 e. The summed E-state index contributed by atoms with van der Waals surface area (Å²) in [5.41, 5.74) is 1.67. The first-order valence-electron chi connectivity index (χ1n) is 3.34. The van der Waals surface area contributed by atoms with Crippen LogP contribution in [0.3, 0.4) is 0 Å². The van der Waals surface area contributed by atoms with E-state index in [1.54, 1.807) is 10.7 Å². The maximum absolute atomic E-state index is 5.88. The Morgan fingerprint density at radius 2 is 2.17 bits per heavy atom. The number of hydrogen-bond donors (Lipinski definition) is 0. The second-order valence-corrected chi connectivity index (χ2v) is 3.21. The van der Waals surface area contributed by atoms with Gasteiger partial charge in [-0.2, -0.15) is 5.10 Å². The van der Waals surface area contributed by atoms with E-state index in [9.17, 15) is 0 Å². The quantitative estimate of drug-likeness (QED) is 0.656. The Morgan fingerprint density at radius 3 is 2.83 bits per heavy atom. The molecule has 0 aliphatic carbocycles. The molecule has 0 spiro atoms. The molecule has 0 atom stereocenters. The molecule has 0 aliphatic rings. The number of fused-ring (bicyclic) bond motifs is 1. The largest absolute Gasteiger partial charge is 0.235 e. The summed E-state index contributed by atoms with van der Waals surface area (Å²) in [6.07, 6.45) is 3.10. The van der Waals surface area contributed by atoms with Gasteiger partial charge in [0, 0.05) is 6.20 Å². The first kappa shape index (κ1) is 7.83. The minimum Gasteiger partial charge on any atom is -0.235 e. The highest BCUT2D eigenvalue weighted by atomic mass is 35.5. The highest BCUT2D eigenvalue weighted by molar-refractivity contribution is 6.35. The van der Waals surface area contributed by atoms with Gasteiger partial charge in [0.25, 0.3) is 0 Å². The Kier molecular flexibility index (Phi) is 1.70. The van der Waals surface area contributed by atoms with E-state index in [0.29, 0.717) is 10.2 Å². The average molecular weight is 202 g/mol. The number of rotatable bonds is 0. The lowest BCUT2D eigenvalue weighted by molar-refractivity contribution is 0.902. The van der Waals surface area contributed by atoms with Crippen molar-refractivity contribution < 1.29 is 0 Å². The Morgan fingerprint density at radius 1 is 1.42 bits per heavy atom. The van der Waals surface area contributed by atoms with Crippen LogP contribution in [-0.4, -0.2) is 14.6 Å². The molecule has 0 amide bonds. The topological polar surface area (TPSA) is 30.2 Å². The van der Waals surface area contributed by atoms with Crippen molar-refractivity contribution in [3.8, 4) is 0 Å². The van der Waals surface area contributed by atoms with Crippen LogP contribution in [0.4, 0.5) is 0 Å². The molecule has 0 aliphatic heterocycles. The van der Waals surface area contributed by atoms with Crippen molar-refractivity contribution >= 4 is 28.7 Å². The Bertz CT molecular complexity index is 435. The second-order valence-electron chi connectivity index (χ2n) is 2.45. The predicted octanol–water partition coefficient (Wildman–Crippen LogP) is 2.34. The Hall–Kier alpha value is -0.800. The molecule has 0 radical (unpaired) electrons. The van der Waals surface area contributed by atoms with Gasteiger partial charge in [0.15, 0.2) is 5.15 Å². The van der Waals surface area contributed by atoms with Gasteiger partial charge < -0.3 is 0 Å². The van der Waals surface area contributed by atoms with Gasteiger partial charge in [0.1, 0.15) is 11.8 Å². The molecule has 0 saturated heterocycles. The number of halogens is 2. The zero-order valence-corrected chi connectivity index (χ0v) is 7.76.